The quantitative estimate of drug-likeness (QED) is 0.432. The molecule has 0 spiro atoms. The number of hydrogen-bond acceptors (Lipinski definition) is 4. The van der Waals surface area contributed by atoms with Gasteiger partial charge in [-0.15, -0.1) is 0 Å². The molecule has 2 fully saturated rings. The van der Waals surface area contributed by atoms with Gasteiger partial charge in [-0.05, 0) is 54.0 Å². The van der Waals surface area contributed by atoms with E-state index in [2.05, 4.69) is 46.0 Å². The SMILES string of the molecule is Cc1cccc2ncc(N3CC4CC(CN(C(=O)c5ccccc5-c5ccccc5)C4)C3)nc12. The van der Waals surface area contributed by atoms with Gasteiger partial charge in [0.1, 0.15) is 5.82 Å². The highest BCUT2D eigenvalue weighted by Crippen LogP contribution is 2.33. The summed E-state index contributed by atoms with van der Waals surface area (Å²) < 4.78 is 0. The summed E-state index contributed by atoms with van der Waals surface area (Å²) in [5.41, 5.74) is 5.95. The molecule has 3 heterocycles. The molecule has 0 aliphatic carbocycles. The molecule has 3 aromatic carbocycles. The Morgan fingerprint density at radius 1 is 0.853 bits per heavy atom. The molecule has 0 saturated carbocycles. The van der Waals surface area contributed by atoms with Gasteiger partial charge in [-0.25, -0.2) is 4.98 Å². The number of likely N-dealkylation sites (tertiary alicyclic amines) is 1. The summed E-state index contributed by atoms with van der Waals surface area (Å²) in [6.45, 7) is 5.48. The zero-order valence-electron chi connectivity index (χ0n) is 19.4. The Labute approximate surface area is 200 Å². The van der Waals surface area contributed by atoms with Gasteiger partial charge < -0.3 is 9.80 Å². The van der Waals surface area contributed by atoms with Crippen LogP contribution in [0, 0.1) is 18.8 Å². The number of piperidine rings is 2. The Hall–Kier alpha value is -3.73. The molecule has 1 amide bonds. The van der Waals surface area contributed by atoms with Crippen molar-refractivity contribution in [2.75, 3.05) is 31.1 Å². The molecule has 170 valence electrons. The molecular formula is C29H28N4O. The monoisotopic (exact) mass is 448 g/mol. The van der Waals surface area contributed by atoms with Crippen LogP contribution in [0.1, 0.15) is 22.3 Å². The molecule has 0 N–H and O–H groups in total. The lowest BCUT2D eigenvalue weighted by molar-refractivity contribution is 0.0565. The Morgan fingerprint density at radius 2 is 1.59 bits per heavy atom. The number of fused-ring (bicyclic) bond motifs is 3. The standard InChI is InChI=1S/C29H28N4O/c1-20-8-7-13-26-28(20)31-27(15-30-26)32-16-21-14-22(17-32)19-33(18-21)29(34)25-12-6-5-11-24(25)23-9-3-2-4-10-23/h2-13,15,21-22H,14,16-19H2,1H3. The molecule has 5 nitrogen and oxygen atoms in total. The highest BCUT2D eigenvalue weighted by molar-refractivity contribution is 6.01. The van der Waals surface area contributed by atoms with Gasteiger partial charge in [-0.1, -0.05) is 60.7 Å². The number of aryl methyl sites for hydroxylation is 1. The van der Waals surface area contributed by atoms with Crippen LogP contribution in [-0.4, -0.2) is 47.0 Å². The number of rotatable bonds is 3. The predicted molar refractivity (Wildman–Crippen MR) is 136 cm³/mol. The summed E-state index contributed by atoms with van der Waals surface area (Å²) in [4.78, 5) is 27.7. The van der Waals surface area contributed by atoms with Crippen molar-refractivity contribution in [2.24, 2.45) is 11.8 Å². The van der Waals surface area contributed by atoms with Crippen molar-refractivity contribution in [3.05, 3.63) is 90.1 Å². The molecule has 2 aliphatic heterocycles. The van der Waals surface area contributed by atoms with E-state index in [1.165, 1.54) is 6.42 Å². The lowest BCUT2D eigenvalue weighted by atomic mass is 9.84. The number of para-hydroxylation sites is 1. The lowest BCUT2D eigenvalue weighted by Crippen LogP contribution is -2.54. The molecular weight excluding hydrogens is 420 g/mol. The second kappa shape index (κ2) is 8.56. The van der Waals surface area contributed by atoms with Gasteiger partial charge >= 0.3 is 0 Å². The fraction of sp³-hybridized carbons (Fsp3) is 0.276. The van der Waals surface area contributed by atoms with Crippen LogP contribution >= 0.6 is 0 Å². The van der Waals surface area contributed by atoms with Gasteiger partial charge in [0, 0.05) is 31.7 Å². The largest absolute Gasteiger partial charge is 0.355 e. The van der Waals surface area contributed by atoms with Crippen molar-refractivity contribution in [3.63, 3.8) is 0 Å². The summed E-state index contributed by atoms with van der Waals surface area (Å²) in [7, 11) is 0. The summed E-state index contributed by atoms with van der Waals surface area (Å²) >= 11 is 0. The number of carbonyl (C=O) groups excluding carboxylic acids is 1. The molecule has 5 heteroatoms. The summed E-state index contributed by atoms with van der Waals surface area (Å²) in [6, 6.07) is 24.3. The minimum Gasteiger partial charge on any atom is -0.355 e. The summed E-state index contributed by atoms with van der Waals surface area (Å²) in [6.07, 6.45) is 3.07. The van der Waals surface area contributed by atoms with Crippen molar-refractivity contribution >= 4 is 22.8 Å². The normalized spacial score (nSPS) is 19.9. The Morgan fingerprint density at radius 3 is 2.38 bits per heavy atom. The van der Waals surface area contributed by atoms with E-state index in [9.17, 15) is 4.79 Å². The highest BCUT2D eigenvalue weighted by Gasteiger charge is 2.37. The third-order valence-corrected chi connectivity index (χ3v) is 7.20. The van der Waals surface area contributed by atoms with Crippen LogP contribution in [0.2, 0.25) is 0 Å². The fourth-order valence-corrected chi connectivity index (χ4v) is 5.66. The maximum Gasteiger partial charge on any atom is 0.254 e. The first kappa shape index (κ1) is 20.8. The highest BCUT2D eigenvalue weighted by atomic mass is 16.2. The van der Waals surface area contributed by atoms with E-state index in [4.69, 9.17) is 4.98 Å². The number of benzene rings is 3. The van der Waals surface area contributed by atoms with E-state index >= 15 is 0 Å². The maximum atomic E-state index is 13.7. The zero-order valence-corrected chi connectivity index (χ0v) is 19.4. The number of hydrogen-bond donors (Lipinski definition) is 0. The molecule has 2 bridgehead atoms. The van der Waals surface area contributed by atoms with Crippen LogP contribution in [0.15, 0.2) is 79.0 Å². The number of carbonyl (C=O) groups is 1. The maximum absolute atomic E-state index is 13.7. The van der Waals surface area contributed by atoms with Gasteiger partial charge in [0.25, 0.3) is 5.91 Å². The molecule has 4 aromatic rings. The topological polar surface area (TPSA) is 49.3 Å². The number of amides is 1. The van der Waals surface area contributed by atoms with E-state index in [0.29, 0.717) is 11.8 Å². The van der Waals surface area contributed by atoms with Crippen LogP contribution in [0.4, 0.5) is 5.82 Å². The molecule has 0 radical (unpaired) electrons. The average Bonchev–Trinajstić information content (AvgIpc) is 2.88. The number of aromatic nitrogens is 2. The minimum atomic E-state index is 0.142. The second-order valence-electron chi connectivity index (χ2n) is 9.67. The smallest absolute Gasteiger partial charge is 0.254 e. The molecule has 34 heavy (non-hydrogen) atoms. The summed E-state index contributed by atoms with van der Waals surface area (Å²) in [5.74, 6) is 1.97. The van der Waals surface area contributed by atoms with E-state index in [1.807, 2.05) is 54.7 Å². The van der Waals surface area contributed by atoms with Gasteiger partial charge in [0.2, 0.25) is 0 Å². The molecule has 6 rings (SSSR count). The first-order chi connectivity index (χ1) is 16.7. The van der Waals surface area contributed by atoms with Crippen molar-refractivity contribution in [3.8, 4) is 11.1 Å². The van der Waals surface area contributed by atoms with Gasteiger partial charge in [-0.3, -0.25) is 9.78 Å². The summed E-state index contributed by atoms with van der Waals surface area (Å²) in [5, 5.41) is 0. The van der Waals surface area contributed by atoms with E-state index in [-0.39, 0.29) is 5.91 Å². The van der Waals surface area contributed by atoms with Crippen molar-refractivity contribution in [1.29, 1.82) is 0 Å². The Kier molecular flexibility index (Phi) is 5.25. The van der Waals surface area contributed by atoms with Gasteiger partial charge in [0.15, 0.2) is 0 Å². The molecule has 2 atom stereocenters. The van der Waals surface area contributed by atoms with Crippen LogP contribution < -0.4 is 4.90 Å². The molecule has 2 saturated heterocycles. The van der Waals surface area contributed by atoms with Crippen LogP contribution in [0.25, 0.3) is 22.2 Å². The predicted octanol–water partition coefficient (Wildman–Crippen LogP) is 5.20. The Balaban J connectivity index is 1.22. The van der Waals surface area contributed by atoms with E-state index in [0.717, 1.165) is 65.3 Å². The third kappa shape index (κ3) is 3.81. The first-order valence-electron chi connectivity index (χ1n) is 12.1. The fourth-order valence-electron chi connectivity index (χ4n) is 5.66. The van der Waals surface area contributed by atoms with Gasteiger partial charge in [-0.2, -0.15) is 0 Å². The minimum absolute atomic E-state index is 0.142. The molecule has 2 aliphatic rings. The molecule has 1 aromatic heterocycles. The van der Waals surface area contributed by atoms with Crippen molar-refractivity contribution < 1.29 is 4.79 Å². The zero-order chi connectivity index (χ0) is 23.1. The van der Waals surface area contributed by atoms with E-state index < -0.39 is 0 Å². The van der Waals surface area contributed by atoms with Crippen molar-refractivity contribution in [2.45, 2.75) is 13.3 Å². The molecule has 2 unspecified atom stereocenters. The number of anilines is 1. The first-order valence-corrected chi connectivity index (χ1v) is 12.1. The third-order valence-electron chi connectivity index (χ3n) is 7.20. The lowest BCUT2D eigenvalue weighted by Gasteiger charge is -2.46. The van der Waals surface area contributed by atoms with Gasteiger partial charge in [0.05, 0.1) is 17.2 Å². The van der Waals surface area contributed by atoms with Crippen molar-refractivity contribution in [1.82, 2.24) is 14.9 Å². The second-order valence-corrected chi connectivity index (χ2v) is 9.67. The average molecular weight is 449 g/mol. The van der Waals surface area contributed by atoms with E-state index in [1.54, 1.807) is 0 Å². The van der Waals surface area contributed by atoms with Crippen LogP contribution in [0.3, 0.4) is 0 Å². The van der Waals surface area contributed by atoms with Crippen LogP contribution in [-0.2, 0) is 0 Å². The number of nitrogens with zero attached hydrogens (tertiary/aromatic N) is 4. The van der Waals surface area contributed by atoms with Crippen LogP contribution in [0.5, 0.6) is 0 Å². The Bertz CT molecular complexity index is 1340.